The van der Waals surface area contributed by atoms with Crippen molar-refractivity contribution in [1.82, 2.24) is 5.32 Å². The van der Waals surface area contributed by atoms with Crippen molar-refractivity contribution in [1.29, 1.82) is 0 Å². The van der Waals surface area contributed by atoms with Crippen molar-refractivity contribution < 1.29 is 19.1 Å². The second kappa shape index (κ2) is 10.9. The monoisotopic (exact) mass is 466 g/mol. The number of amides is 1. The van der Waals surface area contributed by atoms with Crippen LogP contribution in [0.1, 0.15) is 66.8 Å². The summed E-state index contributed by atoms with van der Waals surface area (Å²) in [5.41, 5.74) is 7.65. The van der Waals surface area contributed by atoms with Crippen LogP contribution in [0.2, 0.25) is 0 Å². The first-order valence-corrected chi connectivity index (χ1v) is 11.9. The number of nitrogens with one attached hydrogen (secondary N) is 2. The molecule has 2 aromatic carbocycles. The second-order valence-corrected chi connectivity index (χ2v) is 9.34. The molecule has 3 N–H and O–H groups in total. The Balaban J connectivity index is 1.91. The number of aliphatic carboxylic acids is 1. The molecular formula is C28H35FN2O3. The van der Waals surface area contributed by atoms with Gasteiger partial charge in [0.2, 0.25) is 5.91 Å². The Hall–Kier alpha value is -3.15. The number of halogens is 1. The van der Waals surface area contributed by atoms with E-state index in [1.807, 2.05) is 45.9 Å². The van der Waals surface area contributed by atoms with Gasteiger partial charge in [-0.2, -0.15) is 0 Å². The van der Waals surface area contributed by atoms with E-state index in [-0.39, 0.29) is 24.7 Å². The van der Waals surface area contributed by atoms with Crippen LogP contribution in [0.3, 0.4) is 0 Å². The quantitative estimate of drug-likeness (QED) is 0.412. The summed E-state index contributed by atoms with van der Waals surface area (Å²) in [4.78, 5) is 23.1. The summed E-state index contributed by atoms with van der Waals surface area (Å²) in [5.74, 6) is -1.49. The minimum atomic E-state index is -0.954. The maximum absolute atomic E-state index is 15.3. The van der Waals surface area contributed by atoms with Gasteiger partial charge in [0.1, 0.15) is 5.82 Å². The number of rotatable bonds is 8. The summed E-state index contributed by atoms with van der Waals surface area (Å²) in [6.45, 7) is 9.74. The number of carboxylic acid groups (broad SMARTS) is 1. The van der Waals surface area contributed by atoms with Crippen molar-refractivity contribution >= 4 is 23.6 Å². The summed E-state index contributed by atoms with van der Waals surface area (Å²) in [6.07, 6.45) is 6.41. The summed E-state index contributed by atoms with van der Waals surface area (Å²) in [5, 5.41) is 14.8. The normalized spacial score (nSPS) is 14.4. The Kier molecular flexibility index (Phi) is 8.13. The highest BCUT2D eigenvalue weighted by Gasteiger charge is 2.20. The molecule has 2 aromatic rings. The van der Waals surface area contributed by atoms with Crippen LogP contribution in [-0.2, 0) is 9.59 Å². The molecule has 0 radical (unpaired) electrons. The molecule has 0 bridgehead atoms. The Bertz CT molecular complexity index is 1100. The molecule has 0 saturated heterocycles. The van der Waals surface area contributed by atoms with Crippen molar-refractivity contribution in [3.8, 4) is 11.1 Å². The van der Waals surface area contributed by atoms with E-state index in [4.69, 9.17) is 5.11 Å². The maximum Gasteiger partial charge on any atom is 0.305 e. The third kappa shape index (κ3) is 5.66. The van der Waals surface area contributed by atoms with Crippen molar-refractivity contribution in [2.45, 2.75) is 72.8 Å². The predicted octanol–water partition coefficient (Wildman–Crippen LogP) is 6.08. The number of carbonyl (C=O) groups excluding carboxylic acids is 1. The topological polar surface area (TPSA) is 78.4 Å². The zero-order chi connectivity index (χ0) is 25.0. The highest BCUT2D eigenvalue weighted by molar-refractivity contribution is 5.98. The van der Waals surface area contributed by atoms with Crippen molar-refractivity contribution in [2.24, 2.45) is 0 Å². The lowest BCUT2D eigenvalue weighted by Gasteiger charge is -2.21. The Morgan fingerprint density at radius 3 is 2.24 bits per heavy atom. The molecule has 0 unspecified atom stereocenters. The first kappa shape index (κ1) is 25.5. The SMILES string of the molecule is C/C(=C\c1c(C)c(C)c(-c2ccc(NC3CCCC3)cc2F)c(C)c1C)C(=O)NCCC(=O)O. The molecule has 1 aliphatic rings. The number of carbonyl (C=O) groups is 2. The van der Waals surface area contributed by atoms with Crippen LogP contribution < -0.4 is 10.6 Å². The number of benzene rings is 2. The summed E-state index contributed by atoms with van der Waals surface area (Å²) < 4.78 is 15.3. The van der Waals surface area contributed by atoms with Gasteiger partial charge in [0, 0.05) is 29.4 Å². The molecule has 1 fully saturated rings. The van der Waals surface area contributed by atoms with E-state index in [0.717, 1.165) is 51.9 Å². The molecule has 0 spiro atoms. The molecule has 1 saturated carbocycles. The van der Waals surface area contributed by atoms with Gasteiger partial charge in [-0.05, 0) is 105 Å². The third-order valence-electron chi connectivity index (χ3n) is 6.99. The molecule has 3 rings (SSSR count). The molecule has 34 heavy (non-hydrogen) atoms. The number of hydrogen-bond donors (Lipinski definition) is 3. The van der Waals surface area contributed by atoms with E-state index >= 15 is 4.39 Å². The lowest BCUT2D eigenvalue weighted by atomic mass is 9.85. The molecule has 0 heterocycles. The van der Waals surface area contributed by atoms with Crippen molar-refractivity contribution in [2.75, 3.05) is 11.9 Å². The van der Waals surface area contributed by atoms with Gasteiger partial charge in [-0.25, -0.2) is 4.39 Å². The highest BCUT2D eigenvalue weighted by Crippen LogP contribution is 2.37. The molecule has 1 amide bonds. The zero-order valence-corrected chi connectivity index (χ0v) is 20.8. The minimum absolute atomic E-state index is 0.0825. The van der Waals surface area contributed by atoms with Crippen LogP contribution in [0.25, 0.3) is 17.2 Å². The summed E-state index contributed by atoms with van der Waals surface area (Å²) >= 11 is 0. The predicted molar refractivity (Wildman–Crippen MR) is 136 cm³/mol. The Labute approximate surface area is 201 Å². The average Bonchev–Trinajstić information content (AvgIpc) is 3.29. The molecule has 182 valence electrons. The van der Waals surface area contributed by atoms with Crippen LogP contribution in [0.5, 0.6) is 0 Å². The lowest BCUT2D eigenvalue weighted by molar-refractivity contribution is -0.136. The maximum atomic E-state index is 15.3. The van der Waals surface area contributed by atoms with E-state index in [0.29, 0.717) is 17.2 Å². The van der Waals surface area contributed by atoms with Crippen LogP contribution in [0, 0.1) is 33.5 Å². The van der Waals surface area contributed by atoms with E-state index in [9.17, 15) is 9.59 Å². The zero-order valence-electron chi connectivity index (χ0n) is 20.8. The van der Waals surface area contributed by atoms with Gasteiger partial charge < -0.3 is 15.7 Å². The first-order valence-electron chi connectivity index (χ1n) is 11.9. The van der Waals surface area contributed by atoms with E-state index in [2.05, 4.69) is 10.6 Å². The van der Waals surface area contributed by atoms with Crippen LogP contribution in [-0.4, -0.2) is 29.6 Å². The van der Waals surface area contributed by atoms with E-state index in [1.165, 1.54) is 12.8 Å². The fourth-order valence-corrected chi connectivity index (χ4v) is 4.78. The molecular weight excluding hydrogens is 431 g/mol. The first-order chi connectivity index (χ1) is 16.1. The molecule has 5 nitrogen and oxygen atoms in total. The molecule has 0 aliphatic heterocycles. The van der Waals surface area contributed by atoms with Gasteiger partial charge in [-0.1, -0.05) is 12.8 Å². The summed E-state index contributed by atoms with van der Waals surface area (Å²) in [7, 11) is 0. The van der Waals surface area contributed by atoms with Crippen molar-refractivity contribution in [3.63, 3.8) is 0 Å². The number of hydrogen-bond acceptors (Lipinski definition) is 3. The largest absolute Gasteiger partial charge is 0.481 e. The van der Waals surface area contributed by atoms with Crippen LogP contribution in [0.4, 0.5) is 10.1 Å². The second-order valence-electron chi connectivity index (χ2n) is 9.34. The van der Waals surface area contributed by atoms with Gasteiger partial charge >= 0.3 is 5.97 Å². The van der Waals surface area contributed by atoms with Crippen LogP contribution in [0.15, 0.2) is 23.8 Å². The molecule has 6 heteroatoms. The fourth-order valence-electron chi connectivity index (χ4n) is 4.78. The van der Waals surface area contributed by atoms with E-state index < -0.39 is 5.97 Å². The van der Waals surface area contributed by atoms with Crippen molar-refractivity contribution in [3.05, 3.63) is 57.4 Å². The highest BCUT2D eigenvalue weighted by atomic mass is 19.1. The lowest BCUT2D eigenvalue weighted by Crippen LogP contribution is -2.26. The smallest absolute Gasteiger partial charge is 0.305 e. The van der Waals surface area contributed by atoms with Gasteiger partial charge in [0.25, 0.3) is 0 Å². The van der Waals surface area contributed by atoms with Gasteiger partial charge in [0.05, 0.1) is 6.42 Å². The van der Waals surface area contributed by atoms with Crippen LogP contribution >= 0.6 is 0 Å². The van der Waals surface area contributed by atoms with E-state index in [1.54, 1.807) is 13.0 Å². The Morgan fingerprint density at radius 2 is 1.68 bits per heavy atom. The average molecular weight is 467 g/mol. The standard InChI is InChI=1S/C28H35FN2O3/c1-16(28(34)30-13-12-26(32)33)14-24-17(2)19(4)27(20(5)18(24)3)23-11-10-22(15-25(23)29)31-21-8-6-7-9-21/h10-11,14-15,21,31H,6-9,12-13H2,1-5H3,(H,30,34)(H,32,33)/b16-14+. The Morgan fingerprint density at radius 1 is 1.06 bits per heavy atom. The van der Waals surface area contributed by atoms with Gasteiger partial charge in [-0.3, -0.25) is 9.59 Å². The molecule has 0 aromatic heterocycles. The summed E-state index contributed by atoms with van der Waals surface area (Å²) in [6, 6.07) is 5.84. The van der Waals surface area contributed by atoms with Gasteiger partial charge in [-0.15, -0.1) is 0 Å². The third-order valence-corrected chi connectivity index (χ3v) is 6.99. The minimum Gasteiger partial charge on any atom is -0.481 e. The fraction of sp³-hybridized carbons (Fsp3) is 0.429. The molecule has 0 atom stereocenters. The molecule has 1 aliphatic carbocycles. The van der Waals surface area contributed by atoms with Gasteiger partial charge in [0.15, 0.2) is 0 Å². The number of carboxylic acids is 1. The number of anilines is 1.